The first kappa shape index (κ1) is 35.5. The lowest BCUT2D eigenvalue weighted by atomic mass is 9.93. The van der Waals surface area contributed by atoms with Gasteiger partial charge in [0.15, 0.2) is 0 Å². The Bertz CT molecular complexity index is 1640. The SMILES string of the molecule is CCOc1cc(C(F)(F)F)ccc1C1=N[C@@H](c2ccc(Cl)cc2)[C@@H](c2ccc(Cl)cc2)N1C(=O)N1CCN(CC(=O)N(C)C(C)C)CC1. The zero-order chi connectivity index (χ0) is 34.7. The third-order valence-corrected chi connectivity index (χ3v) is 9.22. The fourth-order valence-corrected chi connectivity index (χ4v) is 6.11. The molecule has 2 aliphatic heterocycles. The van der Waals surface area contributed by atoms with Crippen LogP contribution in [-0.4, -0.2) is 89.8 Å². The fraction of sp³-hybridized carbons (Fsp3) is 0.400. The molecule has 0 N–H and O–H groups in total. The Morgan fingerprint density at radius 1 is 0.938 bits per heavy atom. The molecule has 1 saturated heterocycles. The number of hydrogen-bond acceptors (Lipinski definition) is 5. The maximum absolute atomic E-state index is 14.7. The highest BCUT2D eigenvalue weighted by molar-refractivity contribution is 6.30. The van der Waals surface area contributed by atoms with Gasteiger partial charge in [0.05, 0.1) is 30.3 Å². The second-order valence-corrected chi connectivity index (χ2v) is 13.0. The summed E-state index contributed by atoms with van der Waals surface area (Å²) in [6.07, 6.45) is -4.60. The molecule has 256 valence electrons. The van der Waals surface area contributed by atoms with Crippen molar-refractivity contribution in [3.8, 4) is 5.75 Å². The number of benzene rings is 3. The van der Waals surface area contributed by atoms with Crippen LogP contribution in [0.3, 0.4) is 0 Å². The lowest BCUT2D eigenvalue weighted by Crippen LogP contribution is -2.55. The maximum atomic E-state index is 14.7. The summed E-state index contributed by atoms with van der Waals surface area (Å²) in [7, 11) is 1.77. The Balaban J connectivity index is 1.57. The Morgan fingerprint density at radius 2 is 1.52 bits per heavy atom. The standard InChI is InChI=1S/C35H38Cl2F3N5O3/c1-5-48-29-20-25(35(38,39)40)10-15-28(29)33-41-31(23-6-11-26(36)12-7-23)32(24-8-13-27(37)14-9-24)45(33)34(47)44-18-16-43(17-19-44)21-30(46)42(4)22(2)3/h6-15,20,22,31-32H,5,16-19,21H2,1-4H3/t31-,32+/m0/s1. The monoisotopic (exact) mass is 703 g/mol. The Kier molecular flexibility index (Phi) is 10.9. The molecule has 5 rings (SSSR count). The van der Waals surface area contributed by atoms with Crippen molar-refractivity contribution in [1.82, 2.24) is 19.6 Å². The number of piperazine rings is 1. The number of alkyl halides is 3. The van der Waals surface area contributed by atoms with Crippen LogP contribution in [0.4, 0.5) is 18.0 Å². The van der Waals surface area contributed by atoms with Crippen molar-refractivity contribution in [3.05, 3.63) is 99.0 Å². The number of amides is 3. The first-order valence-electron chi connectivity index (χ1n) is 15.8. The molecule has 48 heavy (non-hydrogen) atoms. The van der Waals surface area contributed by atoms with Crippen LogP contribution in [0.25, 0.3) is 0 Å². The molecule has 1 fully saturated rings. The van der Waals surface area contributed by atoms with E-state index in [0.29, 0.717) is 36.2 Å². The van der Waals surface area contributed by atoms with E-state index in [1.165, 1.54) is 6.07 Å². The topological polar surface area (TPSA) is 68.7 Å². The van der Waals surface area contributed by atoms with Gasteiger partial charge in [0.1, 0.15) is 17.6 Å². The number of amidine groups is 1. The van der Waals surface area contributed by atoms with Crippen LogP contribution in [-0.2, 0) is 11.0 Å². The van der Waals surface area contributed by atoms with E-state index in [1.807, 2.05) is 43.0 Å². The van der Waals surface area contributed by atoms with Crippen molar-refractivity contribution in [3.63, 3.8) is 0 Å². The van der Waals surface area contributed by atoms with E-state index in [1.54, 1.807) is 52.9 Å². The van der Waals surface area contributed by atoms with Gasteiger partial charge < -0.3 is 14.5 Å². The van der Waals surface area contributed by atoms with Crippen molar-refractivity contribution in [1.29, 1.82) is 0 Å². The van der Waals surface area contributed by atoms with Gasteiger partial charge in [0.25, 0.3) is 0 Å². The number of halogens is 5. The highest BCUT2D eigenvalue weighted by atomic mass is 35.5. The number of aliphatic imine (C=N–C) groups is 1. The van der Waals surface area contributed by atoms with E-state index in [0.717, 1.165) is 23.3 Å². The summed E-state index contributed by atoms with van der Waals surface area (Å²) in [5.41, 5.74) is 0.880. The van der Waals surface area contributed by atoms with Gasteiger partial charge in [-0.05, 0) is 74.4 Å². The second kappa shape index (κ2) is 14.8. The Labute approximate surface area is 288 Å². The molecule has 0 saturated carbocycles. The summed E-state index contributed by atoms with van der Waals surface area (Å²) < 4.78 is 47.1. The molecular weight excluding hydrogens is 666 g/mol. The summed E-state index contributed by atoms with van der Waals surface area (Å²) in [5, 5.41) is 1.03. The van der Waals surface area contributed by atoms with Crippen LogP contribution in [0.5, 0.6) is 5.75 Å². The molecule has 0 radical (unpaired) electrons. The van der Waals surface area contributed by atoms with Gasteiger partial charge in [-0.25, -0.2) is 4.79 Å². The predicted octanol–water partition coefficient (Wildman–Crippen LogP) is 7.56. The van der Waals surface area contributed by atoms with Crippen LogP contribution < -0.4 is 4.74 Å². The smallest absolute Gasteiger partial charge is 0.416 e. The zero-order valence-corrected chi connectivity index (χ0v) is 28.7. The van der Waals surface area contributed by atoms with Gasteiger partial charge in [-0.3, -0.25) is 19.6 Å². The van der Waals surface area contributed by atoms with Crippen molar-refractivity contribution < 1.29 is 27.5 Å². The first-order chi connectivity index (χ1) is 22.8. The van der Waals surface area contributed by atoms with Crippen molar-refractivity contribution >= 4 is 41.0 Å². The van der Waals surface area contributed by atoms with E-state index in [2.05, 4.69) is 0 Å². The van der Waals surface area contributed by atoms with Gasteiger partial charge in [-0.1, -0.05) is 47.5 Å². The molecular formula is C35H38Cl2F3N5O3. The van der Waals surface area contributed by atoms with E-state index in [-0.39, 0.29) is 48.3 Å². The summed E-state index contributed by atoms with van der Waals surface area (Å²) in [5.74, 6) is 0.152. The number of carbonyl (C=O) groups excluding carboxylic acids is 2. The van der Waals surface area contributed by atoms with Crippen molar-refractivity contribution in [2.75, 3.05) is 46.4 Å². The predicted molar refractivity (Wildman–Crippen MR) is 181 cm³/mol. The van der Waals surface area contributed by atoms with E-state index < -0.39 is 23.8 Å². The second-order valence-electron chi connectivity index (χ2n) is 12.1. The van der Waals surface area contributed by atoms with E-state index in [9.17, 15) is 22.8 Å². The van der Waals surface area contributed by atoms with E-state index in [4.69, 9.17) is 32.9 Å². The Morgan fingerprint density at radius 3 is 2.06 bits per heavy atom. The van der Waals surface area contributed by atoms with Crippen molar-refractivity contribution in [2.24, 2.45) is 4.99 Å². The number of ether oxygens (including phenoxy) is 1. The maximum Gasteiger partial charge on any atom is 0.416 e. The minimum absolute atomic E-state index is 0.00175. The summed E-state index contributed by atoms with van der Waals surface area (Å²) in [6.45, 7) is 7.54. The average Bonchev–Trinajstić information content (AvgIpc) is 3.45. The third kappa shape index (κ3) is 7.74. The highest BCUT2D eigenvalue weighted by Gasteiger charge is 2.45. The molecule has 2 heterocycles. The summed E-state index contributed by atoms with van der Waals surface area (Å²) >= 11 is 12.5. The lowest BCUT2D eigenvalue weighted by molar-refractivity contribution is -0.137. The molecule has 8 nitrogen and oxygen atoms in total. The largest absolute Gasteiger partial charge is 0.493 e. The normalized spacial score (nSPS) is 18.7. The van der Waals surface area contributed by atoms with Crippen LogP contribution >= 0.6 is 23.2 Å². The quantitative estimate of drug-likeness (QED) is 0.243. The van der Waals surface area contributed by atoms with E-state index >= 15 is 0 Å². The van der Waals surface area contributed by atoms with Gasteiger partial charge in [-0.15, -0.1) is 0 Å². The number of rotatable bonds is 8. The van der Waals surface area contributed by atoms with Gasteiger partial charge in [0.2, 0.25) is 5.91 Å². The molecule has 13 heteroatoms. The molecule has 3 amide bonds. The third-order valence-electron chi connectivity index (χ3n) is 8.72. The number of carbonyl (C=O) groups is 2. The molecule has 0 unspecified atom stereocenters. The van der Waals surface area contributed by atoms with Crippen LogP contribution in [0.1, 0.15) is 55.1 Å². The molecule has 0 aromatic heterocycles. The molecule has 0 spiro atoms. The van der Waals surface area contributed by atoms with Gasteiger partial charge in [0, 0.05) is 49.3 Å². The van der Waals surface area contributed by atoms with Gasteiger partial charge in [-0.2, -0.15) is 13.2 Å². The zero-order valence-electron chi connectivity index (χ0n) is 27.2. The minimum atomic E-state index is -4.60. The first-order valence-corrected chi connectivity index (χ1v) is 16.5. The number of likely N-dealkylation sites (N-methyl/N-ethyl adjacent to an activating group) is 1. The minimum Gasteiger partial charge on any atom is -0.493 e. The average molecular weight is 705 g/mol. The molecule has 2 aliphatic rings. The van der Waals surface area contributed by atoms with Crippen LogP contribution in [0.2, 0.25) is 10.0 Å². The summed E-state index contributed by atoms with van der Waals surface area (Å²) in [6, 6.07) is 15.8. The Hall–Kier alpha value is -3.80. The van der Waals surface area contributed by atoms with Crippen LogP contribution in [0.15, 0.2) is 71.7 Å². The van der Waals surface area contributed by atoms with Gasteiger partial charge >= 0.3 is 12.2 Å². The lowest BCUT2D eigenvalue weighted by Gasteiger charge is -2.39. The fourth-order valence-electron chi connectivity index (χ4n) is 5.85. The van der Waals surface area contributed by atoms with Crippen LogP contribution in [0, 0.1) is 0 Å². The number of urea groups is 1. The highest BCUT2D eigenvalue weighted by Crippen LogP contribution is 2.46. The molecule has 3 aromatic rings. The molecule has 2 atom stereocenters. The molecule has 0 aliphatic carbocycles. The van der Waals surface area contributed by atoms with Crippen molar-refractivity contribution in [2.45, 2.75) is 45.1 Å². The number of nitrogens with zero attached hydrogens (tertiary/aromatic N) is 5. The summed E-state index contributed by atoms with van der Waals surface area (Å²) in [4.78, 5) is 39.5. The molecule has 0 bridgehead atoms. The molecule has 3 aromatic carbocycles. The number of hydrogen-bond donors (Lipinski definition) is 0.